The maximum Gasteiger partial charge on any atom is 0.246 e. The lowest BCUT2D eigenvalue weighted by Gasteiger charge is -2.35. The summed E-state index contributed by atoms with van der Waals surface area (Å²) in [5, 5.41) is 23.8. The summed E-state index contributed by atoms with van der Waals surface area (Å²) < 4.78 is 5.41. The Bertz CT molecular complexity index is 1700. The van der Waals surface area contributed by atoms with E-state index in [1.807, 2.05) is 42.5 Å². The van der Waals surface area contributed by atoms with E-state index in [4.69, 9.17) is 16.2 Å². The van der Waals surface area contributed by atoms with E-state index >= 15 is 0 Å². The Morgan fingerprint density at radius 1 is 0.836 bits per heavy atom. The van der Waals surface area contributed by atoms with Crippen LogP contribution in [0.3, 0.4) is 0 Å². The molecule has 298 valence electrons. The normalized spacial score (nSPS) is 25.4. The summed E-state index contributed by atoms with van der Waals surface area (Å²) in [4.78, 5) is 94.6. The van der Waals surface area contributed by atoms with Crippen LogP contribution in [-0.4, -0.2) is 121 Å². The van der Waals surface area contributed by atoms with E-state index in [9.17, 15) is 38.7 Å². The molecule has 0 spiro atoms. The molecule has 2 heterocycles. The highest BCUT2D eigenvalue weighted by Gasteiger charge is 2.45. The number of nitrogens with one attached hydrogen (secondary N) is 5. The van der Waals surface area contributed by atoms with Crippen LogP contribution >= 0.6 is 0 Å². The first kappa shape index (κ1) is 42.4. The number of benzene rings is 2. The molecule has 4 rings (SSSR count). The standard InChI is InChI=1S/C38H52N8O9/c1-38(2,3)32-37(54)46-20-25(47)18-29(46)36(53)43-27(17-22-9-11-24(12-10-22)23-7-5-4-6-8-23)35(52)42-26(13-14-30(40)48)34(51)44-28(19-39)33(50)41-15-16-55-21-31(49)45-32/h4-12,25-29,32,47H,13-21,39H2,1-3H3,(H2,40,48)(H,41,50)(H,42,52)(H,43,53)(H,44,51)(H,45,49)/t25-,26-,27-,28-,29+,32-/m1/s1. The van der Waals surface area contributed by atoms with Gasteiger partial charge < -0.3 is 52.8 Å². The van der Waals surface area contributed by atoms with E-state index in [1.54, 1.807) is 32.9 Å². The van der Waals surface area contributed by atoms with Gasteiger partial charge in [0.25, 0.3) is 0 Å². The molecule has 0 aliphatic carbocycles. The van der Waals surface area contributed by atoms with Gasteiger partial charge in [0.2, 0.25) is 41.4 Å². The Morgan fingerprint density at radius 3 is 2.09 bits per heavy atom. The Balaban J connectivity index is 1.71. The van der Waals surface area contributed by atoms with Crippen LogP contribution in [-0.2, 0) is 44.7 Å². The van der Waals surface area contributed by atoms with Gasteiger partial charge >= 0.3 is 0 Å². The molecular formula is C38H52N8O9. The van der Waals surface area contributed by atoms with Crippen molar-refractivity contribution in [1.82, 2.24) is 31.5 Å². The van der Waals surface area contributed by atoms with Crippen LogP contribution in [0.4, 0.5) is 0 Å². The number of hydrogen-bond acceptors (Lipinski definition) is 10. The van der Waals surface area contributed by atoms with Crippen molar-refractivity contribution in [3.8, 4) is 11.1 Å². The number of fused-ring (bicyclic) bond motifs is 1. The van der Waals surface area contributed by atoms with E-state index in [-0.39, 0.29) is 51.9 Å². The average Bonchev–Trinajstić information content (AvgIpc) is 3.55. The maximum atomic E-state index is 14.1. The Kier molecular flexibility index (Phi) is 14.8. The third kappa shape index (κ3) is 12.1. The number of ether oxygens (including phenoxy) is 1. The highest BCUT2D eigenvalue weighted by Crippen LogP contribution is 2.27. The van der Waals surface area contributed by atoms with Gasteiger partial charge in [-0.3, -0.25) is 33.6 Å². The Labute approximate surface area is 319 Å². The first-order chi connectivity index (χ1) is 26.1. The first-order valence-corrected chi connectivity index (χ1v) is 18.2. The van der Waals surface area contributed by atoms with Gasteiger partial charge in [-0.15, -0.1) is 0 Å². The number of primary amides is 1. The molecule has 0 unspecified atom stereocenters. The molecular weight excluding hydrogens is 712 g/mol. The van der Waals surface area contributed by atoms with E-state index < -0.39 is 89.7 Å². The zero-order chi connectivity index (χ0) is 40.3. The molecule has 0 radical (unpaired) electrons. The van der Waals surface area contributed by atoms with E-state index in [2.05, 4.69) is 26.6 Å². The fourth-order valence-electron chi connectivity index (χ4n) is 6.37. The van der Waals surface area contributed by atoms with Crippen molar-refractivity contribution < 1.29 is 43.4 Å². The van der Waals surface area contributed by atoms with Crippen molar-refractivity contribution in [2.45, 2.75) is 82.8 Å². The van der Waals surface area contributed by atoms with Crippen molar-refractivity contribution in [2.24, 2.45) is 16.9 Å². The van der Waals surface area contributed by atoms with Gasteiger partial charge in [-0.1, -0.05) is 75.4 Å². The smallest absolute Gasteiger partial charge is 0.246 e. The minimum atomic E-state index is -1.38. The molecule has 17 heteroatoms. The van der Waals surface area contributed by atoms with Gasteiger partial charge in [0.05, 0.1) is 12.7 Å². The van der Waals surface area contributed by atoms with Crippen molar-refractivity contribution in [2.75, 3.05) is 32.8 Å². The number of carbonyl (C=O) groups excluding carboxylic acids is 7. The summed E-state index contributed by atoms with van der Waals surface area (Å²) >= 11 is 0. The molecule has 0 bridgehead atoms. The number of rotatable bonds is 7. The van der Waals surface area contributed by atoms with Gasteiger partial charge in [0.15, 0.2) is 0 Å². The minimum absolute atomic E-state index is 0.0584. The van der Waals surface area contributed by atoms with E-state index in [0.717, 1.165) is 11.1 Å². The second kappa shape index (κ2) is 19.3. The molecule has 2 aromatic carbocycles. The predicted octanol–water partition coefficient (Wildman–Crippen LogP) is -1.79. The fourth-order valence-corrected chi connectivity index (χ4v) is 6.37. The van der Waals surface area contributed by atoms with Gasteiger partial charge in [-0.25, -0.2) is 0 Å². The number of amides is 7. The molecule has 2 saturated heterocycles. The lowest BCUT2D eigenvalue weighted by molar-refractivity contribution is -0.145. The molecule has 2 fully saturated rings. The minimum Gasteiger partial charge on any atom is -0.391 e. The van der Waals surface area contributed by atoms with Gasteiger partial charge in [0.1, 0.15) is 36.8 Å². The summed E-state index contributed by atoms with van der Waals surface area (Å²) in [6, 6.07) is 10.6. The van der Waals surface area contributed by atoms with Gasteiger partial charge in [-0.2, -0.15) is 0 Å². The van der Waals surface area contributed by atoms with E-state index in [1.165, 1.54) is 4.90 Å². The van der Waals surface area contributed by atoms with Gasteiger partial charge in [0, 0.05) is 38.9 Å². The molecule has 0 aromatic heterocycles. The van der Waals surface area contributed by atoms with Crippen LogP contribution in [0.5, 0.6) is 0 Å². The van der Waals surface area contributed by atoms with Crippen LogP contribution in [0.15, 0.2) is 54.6 Å². The highest BCUT2D eigenvalue weighted by atomic mass is 16.5. The summed E-state index contributed by atoms with van der Waals surface area (Å²) in [7, 11) is 0. The van der Waals surface area contributed by atoms with Crippen LogP contribution in [0.1, 0.15) is 45.6 Å². The maximum absolute atomic E-state index is 14.1. The number of nitrogens with two attached hydrogens (primary N) is 2. The summed E-state index contributed by atoms with van der Waals surface area (Å²) in [6.45, 7) is 4.06. The number of nitrogens with zero attached hydrogens (tertiary/aromatic N) is 1. The van der Waals surface area contributed by atoms with Gasteiger partial charge in [-0.05, 0) is 28.5 Å². The van der Waals surface area contributed by atoms with Crippen molar-refractivity contribution in [1.29, 1.82) is 0 Å². The van der Waals surface area contributed by atoms with Crippen LogP contribution in [0.2, 0.25) is 0 Å². The molecule has 2 aliphatic heterocycles. The monoisotopic (exact) mass is 764 g/mol. The predicted molar refractivity (Wildman–Crippen MR) is 200 cm³/mol. The summed E-state index contributed by atoms with van der Waals surface area (Å²) in [5.41, 5.74) is 12.9. The second-order valence-electron chi connectivity index (χ2n) is 14.8. The molecule has 10 N–H and O–H groups in total. The molecule has 7 amide bonds. The van der Waals surface area contributed by atoms with Crippen LogP contribution < -0.4 is 38.1 Å². The lowest BCUT2D eigenvalue weighted by Crippen LogP contribution is -2.60. The second-order valence-corrected chi connectivity index (χ2v) is 14.8. The summed E-state index contributed by atoms with van der Waals surface area (Å²) in [5.74, 6) is -5.05. The average molecular weight is 765 g/mol. The van der Waals surface area contributed by atoms with Crippen molar-refractivity contribution in [3.05, 3.63) is 60.2 Å². The highest BCUT2D eigenvalue weighted by molar-refractivity contribution is 5.97. The molecule has 2 aliphatic rings. The molecule has 0 saturated carbocycles. The fraction of sp³-hybridized carbons (Fsp3) is 0.500. The first-order valence-electron chi connectivity index (χ1n) is 18.2. The number of aliphatic hydroxyl groups is 1. The number of aliphatic hydroxyl groups excluding tert-OH is 1. The van der Waals surface area contributed by atoms with Crippen LogP contribution in [0, 0.1) is 5.41 Å². The van der Waals surface area contributed by atoms with Crippen molar-refractivity contribution in [3.63, 3.8) is 0 Å². The zero-order valence-electron chi connectivity index (χ0n) is 31.3. The number of hydrogen-bond donors (Lipinski definition) is 8. The Morgan fingerprint density at radius 2 is 1.45 bits per heavy atom. The molecule has 55 heavy (non-hydrogen) atoms. The van der Waals surface area contributed by atoms with E-state index in [0.29, 0.717) is 5.56 Å². The lowest BCUT2D eigenvalue weighted by atomic mass is 9.85. The van der Waals surface area contributed by atoms with Crippen molar-refractivity contribution >= 4 is 41.4 Å². The molecule has 6 atom stereocenters. The molecule has 17 nitrogen and oxygen atoms in total. The largest absolute Gasteiger partial charge is 0.391 e. The summed E-state index contributed by atoms with van der Waals surface area (Å²) in [6.07, 6.45) is -1.81. The third-order valence-electron chi connectivity index (χ3n) is 9.38. The third-order valence-corrected chi connectivity index (χ3v) is 9.38. The topological polar surface area (TPSA) is 264 Å². The molecule has 2 aromatic rings. The SMILES string of the molecule is CC(C)(C)[C@@H]1NC(=O)COCCNC(=O)[C@@H](CN)NC(=O)[C@@H](CCC(N)=O)NC(=O)[C@@H](Cc2ccc(-c3ccccc3)cc2)NC(=O)[C@@H]2C[C@@H](O)CN2C1=O. The quantitative estimate of drug-likeness (QED) is 0.157. The van der Waals surface area contributed by atoms with Crippen LogP contribution in [0.25, 0.3) is 11.1 Å². The Hall–Kier alpha value is -5.39. The zero-order valence-corrected chi connectivity index (χ0v) is 31.3. The number of carbonyl (C=O) groups is 7.